The molecule has 2 aromatic heterocycles. The van der Waals surface area contributed by atoms with Gasteiger partial charge in [-0.2, -0.15) is 0 Å². The molecule has 7 nitrogen and oxygen atoms in total. The monoisotopic (exact) mass is 468 g/mol. The molecule has 1 amide bonds. The third-order valence-electron chi connectivity index (χ3n) is 5.44. The zero-order valence-electron chi connectivity index (χ0n) is 17.1. The Balaban J connectivity index is 1.51. The highest BCUT2D eigenvalue weighted by atomic mass is 35.5. The molecule has 0 spiro atoms. The summed E-state index contributed by atoms with van der Waals surface area (Å²) < 4.78 is 7.06. The summed E-state index contributed by atoms with van der Waals surface area (Å²) in [6, 6.07) is 14.7. The molecule has 1 aliphatic heterocycles. The average molecular weight is 469 g/mol. The van der Waals surface area contributed by atoms with Gasteiger partial charge in [-0.15, -0.1) is 0 Å². The van der Waals surface area contributed by atoms with Crippen molar-refractivity contribution in [2.45, 2.75) is 24.1 Å². The van der Waals surface area contributed by atoms with E-state index >= 15 is 0 Å². The van der Waals surface area contributed by atoms with Gasteiger partial charge in [-0.25, -0.2) is 4.98 Å². The molecule has 2 aromatic carbocycles. The number of thioether (sulfide) groups is 1. The Hall–Kier alpha value is -2.81. The van der Waals surface area contributed by atoms with Gasteiger partial charge in [-0.1, -0.05) is 47.6 Å². The molecule has 2 N–H and O–H groups in total. The van der Waals surface area contributed by atoms with Crippen LogP contribution < -0.4 is 10.9 Å². The highest BCUT2D eigenvalue weighted by Gasteiger charge is 2.19. The van der Waals surface area contributed by atoms with E-state index in [1.807, 2.05) is 24.3 Å². The van der Waals surface area contributed by atoms with Crippen LogP contribution >= 0.6 is 23.4 Å². The number of nitrogens with one attached hydrogen (secondary N) is 2. The maximum absolute atomic E-state index is 13.5. The first-order chi connectivity index (χ1) is 15.6. The first-order valence-corrected chi connectivity index (χ1v) is 11.8. The second-order valence-corrected chi connectivity index (χ2v) is 9.02. The van der Waals surface area contributed by atoms with Crippen molar-refractivity contribution < 1.29 is 9.53 Å². The van der Waals surface area contributed by atoms with Crippen LogP contribution in [0.1, 0.15) is 12.8 Å². The van der Waals surface area contributed by atoms with Crippen molar-refractivity contribution in [1.29, 1.82) is 0 Å². The SMILES string of the molecule is O=C(CSc1nc2c([nH]c3ccccc32)c(=O)n1-c1cccc(Cl)c1)NC[C@H]1CCCO1. The topological polar surface area (TPSA) is 89.0 Å². The molecule has 32 heavy (non-hydrogen) atoms. The molecule has 9 heteroatoms. The van der Waals surface area contributed by atoms with Crippen LogP contribution in [0.4, 0.5) is 0 Å². The largest absolute Gasteiger partial charge is 0.376 e. The molecule has 3 heterocycles. The van der Waals surface area contributed by atoms with E-state index in [-0.39, 0.29) is 23.3 Å². The van der Waals surface area contributed by atoms with E-state index in [4.69, 9.17) is 21.3 Å². The number of fused-ring (bicyclic) bond motifs is 3. The number of carbonyl (C=O) groups is 1. The fourth-order valence-corrected chi connectivity index (χ4v) is 4.92. The summed E-state index contributed by atoms with van der Waals surface area (Å²) in [5.74, 6) is 0.00421. The Morgan fingerprint density at radius 3 is 2.97 bits per heavy atom. The van der Waals surface area contributed by atoms with Crippen LogP contribution in [0.15, 0.2) is 58.5 Å². The lowest BCUT2D eigenvalue weighted by Gasteiger charge is -2.13. The maximum atomic E-state index is 13.5. The summed E-state index contributed by atoms with van der Waals surface area (Å²) in [5.41, 5.74) is 2.19. The van der Waals surface area contributed by atoms with Crippen LogP contribution in [0.3, 0.4) is 0 Å². The average Bonchev–Trinajstić information content (AvgIpc) is 3.44. The Bertz CT molecular complexity index is 1360. The van der Waals surface area contributed by atoms with Gasteiger partial charge in [0.1, 0.15) is 11.0 Å². The van der Waals surface area contributed by atoms with Crippen molar-refractivity contribution in [2.75, 3.05) is 18.9 Å². The van der Waals surface area contributed by atoms with Crippen LogP contribution in [0.25, 0.3) is 27.6 Å². The summed E-state index contributed by atoms with van der Waals surface area (Å²) in [4.78, 5) is 33.9. The molecule has 1 saturated heterocycles. The first kappa shape index (κ1) is 21.1. The number of ether oxygens (including phenoxy) is 1. The van der Waals surface area contributed by atoms with Crippen LogP contribution in [-0.4, -0.2) is 45.5 Å². The number of aromatic amines is 1. The molecule has 1 aliphatic rings. The first-order valence-electron chi connectivity index (χ1n) is 10.4. The van der Waals surface area contributed by atoms with Crippen LogP contribution in [0.2, 0.25) is 5.02 Å². The summed E-state index contributed by atoms with van der Waals surface area (Å²) in [6.45, 7) is 1.24. The third kappa shape index (κ3) is 4.13. The van der Waals surface area contributed by atoms with Crippen LogP contribution in [0.5, 0.6) is 0 Å². The van der Waals surface area contributed by atoms with Crippen LogP contribution in [-0.2, 0) is 9.53 Å². The maximum Gasteiger partial charge on any atom is 0.283 e. The normalized spacial score (nSPS) is 16.1. The van der Waals surface area contributed by atoms with E-state index in [1.165, 1.54) is 16.3 Å². The van der Waals surface area contributed by atoms with Crippen molar-refractivity contribution in [3.05, 3.63) is 63.9 Å². The molecule has 1 fully saturated rings. The molecule has 5 rings (SSSR count). The Morgan fingerprint density at radius 1 is 1.28 bits per heavy atom. The van der Waals surface area contributed by atoms with Gasteiger partial charge in [-0.3, -0.25) is 14.2 Å². The van der Waals surface area contributed by atoms with Crippen molar-refractivity contribution >= 4 is 51.2 Å². The van der Waals surface area contributed by atoms with Gasteiger partial charge in [0.2, 0.25) is 5.91 Å². The number of hydrogen-bond donors (Lipinski definition) is 2. The lowest BCUT2D eigenvalue weighted by molar-refractivity contribution is -0.119. The Morgan fingerprint density at radius 2 is 2.16 bits per heavy atom. The molecular formula is C23H21ClN4O3S. The molecular weight excluding hydrogens is 448 g/mol. The Labute approximate surface area is 193 Å². The number of rotatable bonds is 6. The number of carbonyl (C=O) groups excluding carboxylic acids is 1. The quantitative estimate of drug-likeness (QED) is 0.331. The lowest BCUT2D eigenvalue weighted by Crippen LogP contribution is -2.33. The van der Waals surface area contributed by atoms with E-state index in [0.29, 0.717) is 33.4 Å². The molecule has 164 valence electrons. The highest BCUT2D eigenvalue weighted by molar-refractivity contribution is 7.99. The van der Waals surface area contributed by atoms with E-state index in [1.54, 1.807) is 24.3 Å². The van der Waals surface area contributed by atoms with Crippen molar-refractivity contribution in [3.63, 3.8) is 0 Å². The zero-order chi connectivity index (χ0) is 22.1. The lowest BCUT2D eigenvalue weighted by atomic mass is 10.2. The minimum absolute atomic E-state index is 0.0780. The van der Waals surface area contributed by atoms with E-state index < -0.39 is 0 Å². The molecule has 0 bridgehead atoms. The smallest absolute Gasteiger partial charge is 0.283 e. The summed E-state index contributed by atoms with van der Waals surface area (Å²) in [6.07, 6.45) is 2.06. The number of halogens is 1. The fraction of sp³-hybridized carbons (Fsp3) is 0.261. The zero-order valence-corrected chi connectivity index (χ0v) is 18.7. The van der Waals surface area contributed by atoms with Gasteiger partial charge in [0, 0.05) is 29.1 Å². The van der Waals surface area contributed by atoms with Gasteiger partial charge >= 0.3 is 0 Å². The van der Waals surface area contributed by atoms with Gasteiger partial charge in [0.15, 0.2) is 5.16 Å². The van der Waals surface area contributed by atoms with Gasteiger partial charge < -0.3 is 15.0 Å². The third-order valence-corrected chi connectivity index (χ3v) is 6.62. The van der Waals surface area contributed by atoms with Crippen LogP contribution in [0, 0.1) is 0 Å². The van der Waals surface area contributed by atoms with Crippen molar-refractivity contribution in [1.82, 2.24) is 19.9 Å². The van der Waals surface area contributed by atoms with Gasteiger partial charge in [-0.05, 0) is 37.1 Å². The molecule has 0 unspecified atom stereocenters. The molecule has 0 saturated carbocycles. The number of amides is 1. The second kappa shape index (κ2) is 8.97. The minimum atomic E-state index is -0.240. The van der Waals surface area contributed by atoms with E-state index in [2.05, 4.69) is 10.3 Å². The van der Waals surface area contributed by atoms with Crippen molar-refractivity contribution in [3.8, 4) is 5.69 Å². The Kier molecular flexibility index (Phi) is 5.91. The second-order valence-electron chi connectivity index (χ2n) is 7.64. The predicted octanol–water partition coefficient (Wildman–Crippen LogP) is 3.91. The summed E-state index contributed by atoms with van der Waals surface area (Å²) >= 11 is 7.41. The number of nitrogens with zero attached hydrogens (tertiary/aromatic N) is 2. The number of para-hydroxylation sites is 1. The van der Waals surface area contributed by atoms with Gasteiger partial charge in [0.05, 0.1) is 17.5 Å². The number of H-pyrrole nitrogens is 1. The number of benzene rings is 2. The predicted molar refractivity (Wildman–Crippen MR) is 127 cm³/mol. The number of hydrogen-bond acceptors (Lipinski definition) is 5. The standard InChI is InChI=1S/C23H21ClN4O3S/c24-14-5-3-6-15(11-14)28-22(30)21-20(17-8-1-2-9-18(17)26-21)27-23(28)32-13-19(29)25-12-16-7-4-10-31-16/h1-3,5-6,8-9,11,16,26H,4,7,10,12-13H2,(H,25,29)/t16-/m1/s1. The van der Waals surface area contributed by atoms with Crippen molar-refractivity contribution in [2.24, 2.45) is 0 Å². The summed E-state index contributed by atoms with van der Waals surface area (Å²) in [7, 11) is 0. The molecule has 0 aliphatic carbocycles. The molecule has 0 radical (unpaired) electrons. The molecule has 4 aromatic rings. The van der Waals surface area contributed by atoms with Gasteiger partial charge in [0.25, 0.3) is 5.56 Å². The fourth-order valence-electron chi connectivity index (χ4n) is 3.90. The highest BCUT2D eigenvalue weighted by Crippen LogP contribution is 2.27. The minimum Gasteiger partial charge on any atom is -0.376 e. The van der Waals surface area contributed by atoms with E-state index in [0.717, 1.165) is 30.4 Å². The molecule has 1 atom stereocenters. The summed E-state index contributed by atoms with van der Waals surface area (Å²) in [5, 5.41) is 4.72. The number of aromatic nitrogens is 3. The van der Waals surface area contributed by atoms with E-state index in [9.17, 15) is 9.59 Å².